The van der Waals surface area contributed by atoms with Crippen LogP contribution in [0, 0.1) is 0 Å². The number of H-pyrrole nitrogens is 1. The molecule has 1 aromatic carbocycles. The van der Waals surface area contributed by atoms with Gasteiger partial charge in [-0.15, -0.1) is 0 Å². The molecule has 0 amide bonds. The Kier molecular flexibility index (Phi) is 3.31. The van der Waals surface area contributed by atoms with E-state index >= 15 is 0 Å². The monoisotopic (exact) mass is 242 g/mol. The van der Waals surface area contributed by atoms with Gasteiger partial charge in [0.05, 0.1) is 12.6 Å². The molecule has 94 valence electrons. The Morgan fingerprint density at radius 2 is 2.28 bits per heavy atom. The molecule has 2 aromatic rings. The van der Waals surface area contributed by atoms with E-state index in [2.05, 4.69) is 34.4 Å². The third kappa shape index (κ3) is 2.55. The molecule has 3 nitrogen and oxygen atoms in total. The highest BCUT2D eigenvalue weighted by Crippen LogP contribution is 2.20. The fraction of sp³-hybridized carbons (Fsp3) is 0.400. The van der Waals surface area contributed by atoms with Crippen LogP contribution in [-0.4, -0.2) is 23.8 Å². The SMILES string of the molecule is C1=NC(CCOc2cc3ccccc3[nH]2)CCC1. The summed E-state index contributed by atoms with van der Waals surface area (Å²) in [5.74, 6) is 0.857. The highest BCUT2D eigenvalue weighted by Gasteiger charge is 2.09. The lowest BCUT2D eigenvalue weighted by Gasteiger charge is -2.15. The summed E-state index contributed by atoms with van der Waals surface area (Å²) in [5, 5.41) is 1.20. The van der Waals surface area contributed by atoms with Crippen LogP contribution < -0.4 is 4.74 Å². The van der Waals surface area contributed by atoms with E-state index in [1.807, 2.05) is 12.1 Å². The Bertz CT molecular complexity index is 511. The molecule has 0 bridgehead atoms. The zero-order valence-corrected chi connectivity index (χ0v) is 10.4. The normalized spacial score (nSPS) is 19.2. The van der Waals surface area contributed by atoms with Crippen molar-refractivity contribution in [1.82, 2.24) is 4.98 Å². The van der Waals surface area contributed by atoms with E-state index in [4.69, 9.17) is 4.74 Å². The van der Waals surface area contributed by atoms with Gasteiger partial charge in [0, 0.05) is 23.4 Å². The molecule has 0 aliphatic carbocycles. The van der Waals surface area contributed by atoms with Gasteiger partial charge in [0.2, 0.25) is 0 Å². The minimum Gasteiger partial charge on any atom is -0.479 e. The fourth-order valence-corrected chi connectivity index (χ4v) is 2.39. The van der Waals surface area contributed by atoms with Crippen molar-refractivity contribution >= 4 is 17.1 Å². The average Bonchev–Trinajstić information content (AvgIpc) is 2.82. The van der Waals surface area contributed by atoms with E-state index in [0.29, 0.717) is 6.04 Å². The molecule has 1 aliphatic rings. The van der Waals surface area contributed by atoms with Crippen molar-refractivity contribution in [3.63, 3.8) is 0 Å². The number of hydrogen-bond acceptors (Lipinski definition) is 2. The first-order valence-corrected chi connectivity index (χ1v) is 6.64. The average molecular weight is 242 g/mol. The Labute approximate surface area is 107 Å². The summed E-state index contributed by atoms with van der Waals surface area (Å²) in [6.07, 6.45) is 6.66. The summed E-state index contributed by atoms with van der Waals surface area (Å²) in [7, 11) is 0. The van der Waals surface area contributed by atoms with Crippen molar-refractivity contribution in [1.29, 1.82) is 0 Å². The largest absolute Gasteiger partial charge is 0.479 e. The van der Waals surface area contributed by atoms with Gasteiger partial charge in [-0.25, -0.2) is 0 Å². The number of aromatic amines is 1. The Balaban J connectivity index is 1.56. The first-order valence-electron chi connectivity index (χ1n) is 6.64. The van der Waals surface area contributed by atoms with Crippen LogP contribution in [0.4, 0.5) is 0 Å². The van der Waals surface area contributed by atoms with E-state index in [-0.39, 0.29) is 0 Å². The molecule has 1 atom stereocenters. The molecule has 2 heterocycles. The number of ether oxygens (including phenoxy) is 1. The molecule has 0 saturated heterocycles. The molecule has 1 N–H and O–H groups in total. The maximum Gasteiger partial charge on any atom is 0.191 e. The number of rotatable bonds is 4. The zero-order valence-electron chi connectivity index (χ0n) is 10.4. The van der Waals surface area contributed by atoms with E-state index in [9.17, 15) is 0 Å². The van der Waals surface area contributed by atoms with Crippen LogP contribution in [-0.2, 0) is 0 Å². The molecular weight excluding hydrogens is 224 g/mol. The van der Waals surface area contributed by atoms with Crippen LogP contribution in [0.3, 0.4) is 0 Å². The maximum atomic E-state index is 5.76. The number of aromatic nitrogens is 1. The van der Waals surface area contributed by atoms with Gasteiger partial charge in [0.15, 0.2) is 5.88 Å². The molecule has 0 saturated carbocycles. The van der Waals surface area contributed by atoms with Gasteiger partial charge in [-0.1, -0.05) is 18.2 Å². The second kappa shape index (κ2) is 5.25. The summed E-state index contributed by atoms with van der Waals surface area (Å²) >= 11 is 0. The number of fused-ring (bicyclic) bond motifs is 1. The maximum absolute atomic E-state index is 5.76. The number of nitrogens with one attached hydrogen (secondary N) is 1. The van der Waals surface area contributed by atoms with Gasteiger partial charge in [-0.05, 0) is 31.5 Å². The van der Waals surface area contributed by atoms with Gasteiger partial charge < -0.3 is 9.72 Å². The first kappa shape index (κ1) is 11.3. The predicted octanol–water partition coefficient (Wildman–Crippen LogP) is 3.56. The molecular formula is C15H18N2O. The lowest BCUT2D eigenvalue weighted by Crippen LogP contribution is -2.13. The summed E-state index contributed by atoms with van der Waals surface area (Å²) in [4.78, 5) is 7.76. The van der Waals surface area contributed by atoms with Crippen LogP contribution in [0.25, 0.3) is 10.9 Å². The first-order chi connectivity index (χ1) is 8.92. The molecule has 1 aromatic heterocycles. The van der Waals surface area contributed by atoms with Gasteiger partial charge >= 0.3 is 0 Å². The van der Waals surface area contributed by atoms with E-state index in [0.717, 1.165) is 30.8 Å². The number of hydrogen-bond donors (Lipinski definition) is 1. The van der Waals surface area contributed by atoms with Gasteiger partial charge in [0.1, 0.15) is 0 Å². The van der Waals surface area contributed by atoms with Gasteiger partial charge in [-0.3, -0.25) is 4.99 Å². The van der Waals surface area contributed by atoms with E-state index in [1.54, 1.807) is 0 Å². The van der Waals surface area contributed by atoms with Gasteiger partial charge in [0.25, 0.3) is 0 Å². The van der Waals surface area contributed by atoms with Crippen LogP contribution in [0.5, 0.6) is 5.88 Å². The second-order valence-electron chi connectivity index (χ2n) is 4.77. The lowest BCUT2D eigenvalue weighted by molar-refractivity contribution is 0.285. The van der Waals surface area contributed by atoms with E-state index < -0.39 is 0 Å². The molecule has 3 rings (SSSR count). The quantitative estimate of drug-likeness (QED) is 0.874. The molecule has 0 spiro atoms. The Morgan fingerprint density at radius 3 is 3.11 bits per heavy atom. The lowest BCUT2D eigenvalue weighted by atomic mass is 10.1. The minimum absolute atomic E-state index is 0.461. The highest BCUT2D eigenvalue weighted by molar-refractivity contribution is 5.81. The molecule has 0 fully saturated rings. The minimum atomic E-state index is 0.461. The molecule has 1 unspecified atom stereocenters. The smallest absolute Gasteiger partial charge is 0.191 e. The van der Waals surface area contributed by atoms with Gasteiger partial charge in [-0.2, -0.15) is 0 Å². The van der Waals surface area contributed by atoms with Crippen molar-refractivity contribution in [2.75, 3.05) is 6.61 Å². The third-order valence-corrected chi connectivity index (χ3v) is 3.40. The molecule has 3 heteroatoms. The van der Waals surface area contributed by atoms with Crippen LogP contribution in [0.15, 0.2) is 35.3 Å². The van der Waals surface area contributed by atoms with Crippen molar-refractivity contribution in [3.05, 3.63) is 30.3 Å². The summed E-state index contributed by atoms with van der Waals surface area (Å²) < 4.78 is 5.76. The number of aliphatic imine (C=N–C) groups is 1. The highest BCUT2D eigenvalue weighted by atomic mass is 16.5. The second-order valence-corrected chi connectivity index (χ2v) is 4.77. The zero-order chi connectivity index (χ0) is 12.2. The van der Waals surface area contributed by atoms with Crippen molar-refractivity contribution in [2.45, 2.75) is 31.7 Å². The number of para-hydroxylation sites is 1. The van der Waals surface area contributed by atoms with Crippen LogP contribution in [0.1, 0.15) is 25.7 Å². The topological polar surface area (TPSA) is 37.4 Å². The molecule has 18 heavy (non-hydrogen) atoms. The van der Waals surface area contributed by atoms with Crippen LogP contribution >= 0.6 is 0 Å². The Morgan fingerprint density at radius 1 is 1.33 bits per heavy atom. The summed E-state index contributed by atoms with van der Waals surface area (Å²) in [6, 6.07) is 10.7. The van der Waals surface area contributed by atoms with Crippen molar-refractivity contribution in [2.24, 2.45) is 4.99 Å². The molecule has 1 aliphatic heterocycles. The Hall–Kier alpha value is -1.77. The number of nitrogens with zero attached hydrogens (tertiary/aromatic N) is 1. The molecule has 0 radical (unpaired) electrons. The summed E-state index contributed by atoms with van der Waals surface area (Å²) in [5.41, 5.74) is 1.13. The van der Waals surface area contributed by atoms with Crippen molar-refractivity contribution < 1.29 is 4.74 Å². The number of benzene rings is 1. The fourth-order valence-electron chi connectivity index (χ4n) is 2.39. The van der Waals surface area contributed by atoms with E-state index in [1.165, 1.54) is 18.2 Å². The predicted molar refractivity (Wildman–Crippen MR) is 74.5 cm³/mol. The van der Waals surface area contributed by atoms with Crippen molar-refractivity contribution in [3.8, 4) is 5.88 Å². The third-order valence-electron chi connectivity index (χ3n) is 3.40. The standard InChI is InChI=1S/C15H18N2O/c1-2-7-14-12(5-1)11-15(17-14)18-10-8-13-6-3-4-9-16-13/h1-2,5,7,9,11,13,17H,3-4,6,8,10H2. The van der Waals surface area contributed by atoms with Crippen LogP contribution in [0.2, 0.25) is 0 Å². The summed E-state index contributed by atoms with van der Waals surface area (Å²) in [6.45, 7) is 0.731.